The average Bonchev–Trinajstić information content (AvgIpc) is 3.20. The molecule has 1 saturated heterocycles. The van der Waals surface area contributed by atoms with Gasteiger partial charge in [-0.15, -0.1) is 0 Å². The van der Waals surface area contributed by atoms with Crippen molar-refractivity contribution in [2.75, 3.05) is 20.6 Å². The zero-order valence-corrected chi connectivity index (χ0v) is 21.0. The fourth-order valence-electron chi connectivity index (χ4n) is 3.85. The van der Waals surface area contributed by atoms with Crippen molar-refractivity contribution in [2.45, 2.75) is 23.0 Å². The number of thioether (sulfide) groups is 1. The van der Waals surface area contributed by atoms with E-state index in [1.165, 1.54) is 30.2 Å². The molecule has 0 N–H and O–H groups in total. The van der Waals surface area contributed by atoms with Crippen LogP contribution in [0.5, 0.6) is 0 Å². The topological polar surface area (TPSA) is 70.0 Å². The number of amidine groups is 1. The Labute approximate surface area is 205 Å². The summed E-state index contributed by atoms with van der Waals surface area (Å²) in [5, 5.41) is 0.748. The second-order valence-corrected chi connectivity index (χ2v) is 11.9. The summed E-state index contributed by atoms with van der Waals surface area (Å²) in [6.07, 6.45) is 0. The lowest BCUT2D eigenvalue weighted by atomic mass is 9.90. The first-order chi connectivity index (χ1) is 16.3. The number of nitrogens with zero attached hydrogens (tertiary/aromatic N) is 3. The third-order valence-corrected chi connectivity index (χ3v) is 8.46. The molecule has 3 aromatic rings. The largest absolute Gasteiger partial charge is 0.289 e. The van der Waals surface area contributed by atoms with Crippen molar-refractivity contribution in [3.05, 3.63) is 96.1 Å². The molecule has 8 heteroatoms. The molecule has 0 aromatic heterocycles. The number of hydrogen-bond donors (Lipinski definition) is 0. The first-order valence-corrected chi connectivity index (χ1v) is 13.3. The molecule has 1 heterocycles. The highest BCUT2D eigenvalue weighted by atomic mass is 32.2. The summed E-state index contributed by atoms with van der Waals surface area (Å²) in [5.41, 5.74) is 2.33. The fourth-order valence-corrected chi connectivity index (χ4v) is 5.82. The van der Waals surface area contributed by atoms with Gasteiger partial charge in [-0.2, -0.15) is 0 Å². The molecule has 1 fully saturated rings. The lowest BCUT2D eigenvalue weighted by Gasteiger charge is -2.24. The lowest BCUT2D eigenvalue weighted by molar-refractivity contribution is -0.127. The van der Waals surface area contributed by atoms with Gasteiger partial charge < -0.3 is 0 Å². The molecular formula is C26H27N3O3S2. The molecule has 0 bridgehead atoms. The van der Waals surface area contributed by atoms with E-state index in [9.17, 15) is 13.2 Å². The van der Waals surface area contributed by atoms with E-state index in [4.69, 9.17) is 4.99 Å². The summed E-state index contributed by atoms with van der Waals surface area (Å²) in [6, 6.07) is 26.0. The van der Waals surface area contributed by atoms with E-state index in [1.807, 2.05) is 60.7 Å². The van der Waals surface area contributed by atoms with Crippen molar-refractivity contribution >= 4 is 38.5 Å². The molecule has 1 aliphatic heterocycles. The number of amides is 1. The van der Waals surface area contributed by atoms with Crippen LogP contribution >= 0.6 is 11.8 Å². The Morgan fingerprint density at radius 2 is 1.56 bits per heavy atom. The van der Waals surface area contributed by atoms with Crippen LogP contribution in [0.15, 0.2) is 94.8 Å². The minimum Gasteiger partial charge on any atom is -0.289 e. The molecular weight excluding hydrogens is 466 g/mol. The second kappa shape index (κ2) is 10.1. The molecule has 1 atom stereocenters. The van der Waals surface area contributed by atoms with Crippen molar-refractivity contribution in [2.24, 2.45) is 4.99 Å². The van der Waals surface area contributed by atoms with Crippen LogP contribution in [0.2, 0.25) is 0 Å². The number of carbonyl (C=O) groups excluding carboxylic acids is 1. The zero-order chi connectivity index (χ0) is 24.3. The van der Waals surface area contributed by atoms with E-state index < -0.39 is 15.9 Å². The van der Waals surface area contributed by atoms with E-state index in [0.717, 1.165) is 11.1 Å². The first kappa shape index (κ1) is 24.2. The van der Waals surface area contributed by atoms with E-state index in [2.05, 4.69) is 6.92 Å². The summed E-state index contributed by atoms with van der Waals surface area (Å²) < 4.78 is 26.3. The number of aliphatic imine (C=N–C) groups is 1. The first-order valence-electron chi connectivity index (χ1n) is 11.0. The number of rotatable bonds is 6. The zero-order valence-electron chi connectivity index (χ0n) is 19.3. The van der Waals surface area contributed by atoms with Crippen LogP contribution in [0.3, 0.4) is 0 Å². The summed E-state index contributed by atoms with van der Waals surface area (Å²) in [4.78, 5) is 20.5. The molecule has 0 spiro atoms. The van der Waals surface area contributed by atoms with Crippen LogP contribution in [0.4, 0.5) is 5.69 Å². The Morgan fingerprint density at radius 1 is 0.971 bits per heavy atom. The van der Waals surface area contributed by atoms with Crippen LogP contribution in [-0.2, 0) is 14.8 Å². The van der Waals surface area contributed by atoms with E-state index in [1.54, 1.807) is 29.2 Å². The Bertz CT molecular complexity index is 1250. The maximum absolute atomic E-state index is 13.9. The van der Waals surface area contributed by atoms with Gasteiger partial charge in [-0.3, -0.25) is 9.69 Å². The van der Waals surface area contributed by atoms with Gasteiger partial charge in [0.05, 0.1) is 16.5 Å². The second-order valence-electron chi connectivity index (χ2n) is 8.31. The highest BCUT2D eigenvalue weighted by Crippen LogP contribution is 2.34. The van der Waals surface area contributed by atoms with Gasteiger partial charge in [0.15, 0.2) is 5.17 Å². The molecule has 1 aliphatic rings. The van der Waals surface area contributed by atoms with Crippen LogP contribution in [0.25, 0.3) is 0 Å². The molecule has 1 unspecified atom stereocenters. The quantitative estimate of drug-likeness (QED) is 0.498. The summed E-state index contributed by atoms with van der Waals surface area (Å²) in [7, 11) is -0.590. The van der Waals surface area contributed by atoms with Crippen molar-refractivity contribution in [1.29, 1.82) is 0 Å². The van der Waals surface area contributed by atoms with Gasteiger partial charge in [0.25, 0.3) is 0 Å². The molecule has 0 saturated carbocycles. The number of carbonyl (C=O) groups is 1. The summed E-state index contributed by atoms with van der Waals surface area (Å²) in [6.45, 7) is 2.59. The maximum Gasteiger partial charge on any atom is 0.242 e. The van der Waals surface area contributed by atoms with Gasteiger partial charge in [-0.05, 0) is 29.3 Å². The van der Waals surface area contributed by atoms with Gasteiger partial charge in [0, 0.05) is 25.9 Å². The SMILES string of the molecule is CC1CN(C(=O)C(c2ccccc2)c2ccccc2)C(=Nc2cccc(S(=O)(=O)N(C)C)c2)S1. The smallest absolute Gasteiger partial charge is 0.242 e. The normalized spacial score (nSPS) is 17.6. The fraction of sp³-hybridized carbons (Fsp3) is 0.231. The minimum atomic E-state index is -3.58. The van der Waals surface area contributed by atoms with E-state index >= 15 is 0 Å². The maximum atomic E-state index is 13.9. The molecule has 0 aliphatic carbocycles. The van der Waals surface area contributed by atoms with Gasteiger partial charge in [-0.25, -0.2) is 17.7 Å². The Kier molecular flexibility index (Phi) is 7.21. The monoisotopic (exact) mass is 493 g/mol. The minimum absolute atomic E-state index is 0.0509. The molecule has 6 nitrogen and oxygen atoms in total. The van der Waals surface area contributed by atoms with Crippen LogP contribution in [0, 0.1) is 0 Å². The van der Waals surface area contributed by atoms with Crippen LogP contribution < -0.4 is 0 Å². The number of benzene rings is 3. The summed E-state index contributed by atoms with van der Waals surface area (Å²) in [5.74, 6) is -0.510. The highest BCUT2D eigenvalue weighted by Gasteiger charge is 2.36. The summed E-state index contributed by atoms with van der Waals surface area (Å²) >= 11 is 1.52. The Balaban J connectivity index is 1.72. The molecule has 4 rings (SSSR count). The average molecular weight is 494 g/mol. The van der Waals surface area contributed by atoms with Gasteiger partial charge in [-0.1, -0.05) is 85.4 Å². The molecule has 3 aromatic carbocycles. The predicted molar refractivity (Wildman–Crippen MR) is 138 cm³/mol. The van der Waals surface area contributed by atoms with E-state index in [0.29, 0.717) is 17.4 Å². The van der Waals surface area contributed by atoms with Gasteiger partial charge >= 0.3 is 0 Å². The standard InChI is InChI=1S/C26H27N3O3S2/c1-19-18-29(25(30)24(20-11-6-4-7-12-20)21-13-8-5-9-14-21)26(33-19)27-22-15-10-16-23(17-22)34(31,32)28(2)3/h4-17,19,24H,18H2,1-3H3. The Hall–Kier alpha value is -2.94. The molecule has 1 amide bonds. The Morgan fingerprint density at radius 3 is 2.12 bits per heavy atom. The molecule has 34 heavy (non-hydrogen) atoms. The van der Waals surface area contributed by atoms with Crippen LogP contribution in [0.1, 0.15) is 24.0 Å². The third-order valence-electron chi connectivity index (χ3n) is 5.58. The van der Waals surface area contributed by atoms with Crippen LogP contribution in [-0.4, -0.2) is 54.6 Å². The lowest BCUT2D eigenvalue weighted by Crippen LogP contribution is -2.37. The van der Waals surface area contributed by atoms with Crippen molar-refractivity contribution < 1.29 is 13.2 Å². The number of hydrogen-bond acceptors (Lipinski definition) is 5. The highest BCUT2D eigenvalue weighted by molar-refractivity contribution is 8.14. The van der Waals surface area contributed by atoms with Crippen molar-refractivity contribution in [1.82, 2.24) is 9.21 Å². The van der Waals surface area contributed by atoms with E-state index in [-0.39, 0.29) is 16.1 Å². The van der Waals surface area contributed by atoms with Crippen molar-refractivity contribution in [3.63, 3.8) is 0 Å². The third kappa shape index (κ3) is 5.09. The molecule has 0 radical (unpaired) electrons. The van der Waals surface area contributed by atoms with Gasteiger partial charge in [0.1, 0.15) is 0 Å². The number of sulfonamides is 1. The van der Waals surface area contributed by atoms with Crippen molar-refractivity contribution in [3.8, 4) is 0 Å². The predicted octanol–water partition coefficient (Wildman–Crippen LogP) is 4.72. The molecule has 176 valence electrons. The van der Waals surface area contributed by atoms with Gasteiger partial charge in [0.2, 0.25) is 15.9 Å².